The van der Waals surface area contributed by atoms with Crippen LogP contribution in [0.2, 0.25) is 0 Å². The Morgan fingerprint density at radius 2 is 2.30 bits per heavy atom. The summed E-state index contributed by atoms with van der Waals surface area (Å²) >= 11 is 0. The topological polar surface area (TPSA) is 54.2 Å². The van der Waals surface area contributed by atoms with Crippen LogP contribution in [-0.4, -0.2) is 35.6 Å². The second kappa shape index (κ2) is 5.67. The smallest absolute Gasteiger partial charge is 0.0743 e. The molecular formula is C16H22N4. The molecule has 1 aliphatic rings. The van der Waals surface area contributed by atoms with Gasteiger partial charge in [-0.2, -0.15) is 0 Å². The van der Waals surface area contributed by atoms with Gasteiger partial charge in [0.15, 0.2) is 0 Å². The third-order valence-electron chi connectivity index (χ3n) is 4.08. The molecule has 20 heavy (non-hydrogen) atoms. The van der Waals surface area contributed by atoms with Gasteiger partial charge in [0.2, 0.25) is 0 Å². The molecule has 0 radical (unpaired) electrons. The first kappa shape index (κ1) is 13.2. The third kappa shape index (κ3) is 2.70. The van der Waals surface area contributed by atoms with Gasteiger partial charge in [-0.3, -0.25) is 4.98 Å². The molecule has 1 atom stereocenters. The average Bonchev–Trinajstić information content (AvgIpc) is 2.47. The molecule has 4 nitrogen and oxygen atoms in total. The lowest BCUT2D eigenvalue weighted by Gasteiger charge is -2.33. The number of nitrogens with zero attached hydrogens (tertiary/aromatic N) is 2. The first-order valence-electron chi connectivity index (χ1n) is 7.39. The number of piperidine rings is 1. The molecule has 2 aromatic rings. The minimum atomic E-state index is 0.520. The predicted octanol–water partition coefficient (Wildman–Crippen LogP) is 2.71. The molecule has 106 valence electrons. The van der Waals surface area contributed by atoms with Gasteiger partial charge in [0, 0.05) is 35.5 Å². The first-order chi connectivity index (χ1) is 9.76. The van der Waals surface area contributed by atoms with Crippen molar-refractivity contribution in [1.82, 2.24) is 9.88 Å². The van der Waals surface area contributed by atoms with Crippen molar-refractivity contribution in [2.75, 3.05) is 30.7 Å². The Balaban J connectivity index is 1.83. The average molecular weight is 270 g/mol. The van der Waals surface area contributed by atoms with Gasteiger partial charge < -0.3 is 16.0 Å². The zero-order valence-electron chi connectivity index (χ0n) is 12.0. The number of likely N-dealkylation sites (tertiary alicyclic amines) is 1. The van der Waals surface area contributed by atoms with Crippen molar-refractivity contribution in [2.45, 2.75) is 25.8 Å². The van der Waals surface area contributed by atoms with Crippen molar-refractivity contribution in [1.29, 1.82) is 0 Å². The van der Waals surface area contributed by atoms with Gasteiger partial charge in [-0.15, -0.1) is 0 Å². The highest BCUT2D eigenvalue weighted by atomic mass is 15.2. The van der Waals surface area contributed by atoms with E-state index in [0.29, 0.717) is 6.04 Å². The molecule has 2 heterocycles. The van der Waals surface area contributed by atoms with Crippen LogP contribution in [0.3, 0.4) is 0 Å². The standard InChI is InChI=1S/C16H22N4/c1-2-20-9-3-4-13(11-20)19-15-7-8-18-16-10-12(17)5-6-14(15)16/h5-8,10,13H,2-4,9,11,17H2,1H3,(H,18,19). The highest BCUT2D eigenvalue weighted by Gasteiger charge is 2.18. The fourth-order valence-electron chi connectivity index (χ4n) is 2.97. The van der Waals surface area contributed by atoms with E-state index in [1.807, 2.05) is 18.3 Å². The van der Waals surface area contributed by atoms with Gasteiger partial charge in [-0.05, 0) is 50.2 Å². The van der Waals surface area contributed by atoms with Crippen LogP contribution in [0.5, 0.6) is 0 Å². The molecule has 1 saturated heterocycles. The van der Waals surface area contributed by atoms with Crippen molar-refractivity contribution < 1.29 is 0 Å². The quantitative estimate of drug-likeness (QED) is 0.842. The SMILES string of the molecule is CCN1CCCC(Nc2ccnc3cc(N)ccc23)C1. The van der Waals surface area contributed by atoms with Crippen LogP contribution < -0.4 is 11.1 Å². The Morgan fingerprint density at radius 1 is 1.40 bits per heavy atom. The molecule has 3 rings (SSSR count). The molecule has 1 aromatic carbocycles. The summed E-state index contributed by atoms with van der Waals surface area (Å²) in [6, 6.07) is 8.50. The summed E-state index contributed by atoms with van der Waals surface area (Å²) in [6.45, 7) is 5.70. The van der Waals surface area contributed by atoms with Gasteiger partial charge >= 0.3 is 0 Å². The van der Waals surface area contributed by atoms with Crippen LogP contribution in [0.25, 0.3) is 10.9 Å². The highest BCUT2D eigenvalue weighted by molar-refractivity contribution is 5.92. The van der Waals surface area contributed by atoms with E-state index >= 15 is 0 Å². The summed E-state index contributed by atoms with van der Waals surface area (Å²) in [5.41, 5.74) is 8.71. The summed E-state index contributed by atoms with van der Waals surface area (Å²) in [4.78, 5) is 6.90. The Kier molecular flexibility index (Phi) is 3.74. The molecule has 1 unspecified atom stereocenters. The summed E-state index contributed by atoms with van der Waals surface area (Å²) in [5, 5.41) is 4.83. The van der Waals surface area contributed by atoms with Gasteiger partial charge in [-0.1, -0.05) is 6.92 Å². The lowest BCUT2D eigenvalue weighted by molar-refractivity contribution is 0.227. The van der Waals surface area contributed by atoms with Crippen LogP contribution >= 0.6 is 0 Å². The fraction of sp³-hybridized carbons (Fsp3) is 0.438. The van der Waals surface area contributed by atoms with Gasteiger partial charge in [0.25, 0.3) is 0 Å². The molecule has 0 amide bonds. The molecular weight excluding hydrogens is 248 g/mol. The number of pyridine rings is 1. The van der Waals surface area contributed by atoms with Crippen LogP contribution in [0, 0.1) is 0 Å². The number of likely N-dealkylation sites (N-methyl/N-ethyl adjacent to an activating group) is 1. The van der Waals surface area contributed by atoms with Crippen molar-refractivity contribution in [2.24, 2.45) is 0 Å². The van der Waals surface area contributed by atoms with E-state index in [0.717, 1.165) is 35.4 Å². The normalized spacial score (nSPS) is 20.1. The van der Waals surface area contributed by atoms with Crippen LogP contribution in [-0.2, 0) is 0 Å². The Hall–Kier alpha value is -1.81. The van der Waals surface area contributed by atoms with E-state index in [4.69, 9.17) is 5.73 Å². The van der Waals surface area contributed by atoms with E-state index < -0.39 is 0 Å². The molecule has 4 heteroatoms. The Bertz CT molecular complexity index is 596. The number of fused-ring (bicyclic) bond motifs is 1. The third-order valence-corrected chi connectivity index (χ3v) is 4.08. The van der Waals surface area contributed by atoms with E-state index in [1.54, 1.807) is 0 Å². The van der Waals surface area contributed by atoms with Crippen molar-refractivity contribution in [3.63, 3.8) is 0 Å². The maximum atomic E-state index is 5.83. The minimum absolute atomic E-state index is 0.520. The van der Waals surface area contributed by atoms with E-state index in [-0.39, 0.29) is 0 Å². The summed E-state index contributed by atoms with van der Waals surface area (Å²) in [7, 11) is 0. The van der Waals surface area contributed by atoms with Crippen molar-refractivity contribution >= 4 is 22.3 Å². The number of hydrogen-bond donors (Lipinski definition) is 2. The van der Waals surface area contributed by atoms with E-state index in [9.17, 15) is 0 Å². The maximum Gasteiger partial charge on any atom is 0.0743 e. The number of anilines is 2. The van der Waals surface area contributed by atoms with E-state index in [2.05, 4.69) is 34.3 Å². The maximum absolute atomic E-state index is 5.83. The molecule has 0 aliphatic carbocycles. The van der Waals surface area contributed by atoms with Gasteiger partial charge in [0.1, 0.15) is 0 Å². The number of rotatable bonds is 3. The molecule has 0 bridgehead atoms. The first-order valence-corrected chi connectivity index (χ1v) is 7.39. The summed E-state index contributed by atoms with van der Waals surface area (Å²) in [5.74, 6) is 0. The van der Waals surface area contributed by atoms with Gasteiger partial charge in [-0.25, -0.2) is 0 Å². The molecule has 0 spiro atoms. The summed E-state index contributed by atoms with van der Waals surface area (Å²) in [6.07, 6.45) is 4.35. The number of nitrogens with two attached hydrogens (primary N) is 1. The Morgan fingerprint density at radius 3 is 3.15 bits per heavy atom. The van der Waals surface area contributed by atoms with Crippen LogP contribution in [0.4, 0.5) is 11.4 Å². The molecule has 0 saturated carbocycles. The van der Waals surface area contributed by atoms with Crippen molar-refractivity contribution in [3.8, 4) is 0 Å². The number of hydrogen-bond acceptors (Lipinski definition) is 4. The largest absolute Gasteiger partial charge is 0.399 e. The molecule has 1 aliphatic heterocycles. The number of nitrogens with one attached hydrogen (secondary N) is 1. The zero-order chi connectivity index (χ0) is 13.9. The molecule has 1 fully saturated rings. The predicted molar refractivity (Wildman–Crippen MR) is 84.9 cm³/mol. The lowest BCUT2D eigenvalue weighted by Crippen LogP contribution is -2.41. The minimum Gasteiger partial charge on any atom is -0.399 e. The highest BCUT2D eigenvalue weighted by Crippen LogP contribution is 2.25. The number of benzene rings is 1. The second-order valence-electron chi connectivity index (χ2n) is 5.51. The second-order valence-corrected chi connectivity index (χ2v) is 5.51. The number of aromatic nitrogens is 1. The van der Waals surface area contributed by atoms with Crippen molar-refractivity contribution in [3.05, 3.63) is 30.5 Å². The fourth-order valence-corrected chi connectivity index (χ4v) is 2.97. The zero-order valence-corrected chi connectivity index (χ0v) is 12.0. The summed E-state index contributed by atoms with van der Waals surface area (Å²) < 4.78 is 0. The monoisotopic (exact) mass is 270 g/mol. The molecule has 3 N–H and O–H groups in total. The van der Waals surface area contributed by atoms with Gasteiger partial charge in [0.05, 0.1) is 5.52 Å². The van der Waals surface area contributed by atoms with Crippen LogP contribution in [0.15, 0.2) is 30.5 Å². The molecule has 1 aromatic heterocycles. The van der Waals surface area contributed by atoms with E-state index in [1.165, 1.54) is 19.4 Å². The Labute approximate surface area is 120 Å². The number of nitrogen functional groups attached to an aromatic ring is 1. The van der Waals surface area contributed by atoms with Crippen LogP contribution in [0.1, 0.15) is 19.8 Å². The lowest BCUT2D eigenvalue weighted by atomic mass is 10.0.